The molecular weight excluding hydrogens is 276 g/mol. The number of rotatable bonds is 2. The summed E-state index contributed by atoms with van der Waals surface area (Å²) in [4.78, 5) is 33.9. The van der Waals surface area contributed by atoms with Crippen molar-refractivity contribution >= 4 is 33.4 Å². The van der Waals surface area contributed by atoms with E-state index in [1.807, 2.05) is 13.8 Å². The molecule has 0 spiro atoms. The molecule has 3 aromatic rings. The van der Waals surface area contributed by atoms with Crippen molar-refractivity contribution in [1.82, 2.24) is 15.0 Å². The van der Waals surface area contributed by atoms with Gasteiger partial charge in [0.2, 0.25) is 0 Å². The van der Waals surface area contributed by atoms with Gasteiger partial charge in [-0.1, -0.05) is 0 Å². The van der Waals surface area contributed by atoms with E-state index >= 15 is 0 Å². The fourth-order valence-electron chi connectivity index (χ4n) is 1.87. The first-order valence-corrected chi connectivity index (χ1v) is 6.82. The summed E-state index contributed by atoms with van der Waals surface area (Å²) >= 11 is 1.44. The number of amides is 1. The fourth-order valence-corrected chi connectivity index (χ4v) is 2.68. The van der Waals surface area contributed by atoms with Gasteiger partial charge in [0.15, 0.2) is 5.13 Å². The van der Waals surface area contributed by atoms with Crippen LogP contribution in [0.25, 0.3) is 11.0 Å². The Morgan fingerprint density at radius 1 is 1.25 bits per heavy atom. The quantitative estimate of drug-likeness (QED) is 0.675. The van der Waals surface area contributed by atoms with E-state index in [4.69, 9.17) is 0 Å². The maximum atomic E-state index is 12.1. The monoisotopic (exact) mass is 288 g/mol. The number of nitrogens with zero attached hydrogens (tertiary/aromatic N) is 1. The minimum Gasteiger partial charge on any atom is -0.306 e. The number of hydrogen-bond acceptors (Lipinski definition) is 4. The lowest BCUT2D eigenvalue weighted by Gasteiger charge is -2.01. The van der Waals surface area contributed by atoms with Gasteiger partial charge in [-0.3, -0.25) is 10.1 Å². The van der Waals surface area contributed by atoms with Gasteiger partial charge in [-0.05, 0) is 32.0 Å². The highest BCUT2D eigenvalue weighted by Crippen LogP contribution is 2.22. The third kappa shape index (κ3) is 2.23. The molecule has 0 aliphatic heterocycles. The Hall–Kier alpha value is -2.41. The molecule has 0 atom stereocenters. The number of aryl methyl sites for hydroxylation is 2. The molecule has 3 rings (SSSR count). The van der Waals surface area contributed by atoms with Gasteiger partial charge >= 0.3 is 5.69 Å². The van der Waals surface area contributed by atoms with Crippen LogP contribution in [0.4, 0.5) is 5.13 Å². The van der Waals surface area contributed by atoms with E-state index in [0.29, 0.717) is 21.7 Å². The molecule has 0 unspecified atom stereocenters. The summed E-state index contributed by atoms with van der Waals surface area (Å²) in [5.74, 6) is -0.248. The molecule has 0 aliphatic rings. The highest BCUT2D eigenvalue weighted by Gasteiger charge is 2.11. The van der Waals surface area contributed by atoms with Crippen LogP contribution in [0.1, 0.15) is 20.9 Å². The van der Waals surface area contributed by atoms with E-state index in [1.165, 1.54) is 11.3 Å². The number of benzene rings is 1. The first-order chi connectivity index (χ1) is 9.52. The van der Waals surface area contributed by atoms with Gasteiger partial charge in [0.1, 0.15) is 0 Å². The van der Waals surface area contributed by atoms with Gasteiger partial charge < -0.3 is 9.97 Å². The number of aromatic amines is 2. The van der Waals surface area contributed by atoms with Crippen molar-refractivity contribution in [2.75, 3.05) is 5.32 Å². The number of carbonyl (C=O) groups excluding carboxylic acids is 1. The second kappa shape index (κ2) is 4.61. The van der Waals surface area contributed by atoms with Crippen LogP contribution < -0.4 is 11.0 Å². The van der Waals surface area contributed by atoms with E-state index in [2.05, 4.69) is 20.3 Å². The van der Waals surface area contributed by atoms with Crippen molar-refractivity contribution in [3.05, 3.63) is 44.8 Å². The van der Waals surface area contributed by atoms with Crippen molar-refractivity contribution in [1.29, 1.82) is 0 Å². The van der Waals surface area contributed by atoms with Gasteiger partial charge in [0, 0.05) is 10.4 Å². The normalized spacial score (nSPS) is 10.9. The summed E-state index contributed by atoms with van der Waals surface area (Å²) in [7, 11) is 0. The van der Waals surface area contributed by atoms with Crippen LogP contribution in [0.5, 0.6) is 0 Å². The van der Waals surface area contributed by atoms with E-state index in [-0.39, 0.29) is 11.6 Å². The number of carbonyl (C=O) groups is 1. The first kappa shape index (κ1) is 12.6. The number of nitrogens with one attached hydrogen (secondary N) is 3. The van der Waals surface area contributed by atoms with Crippen LogP contribution in [-0.2, 0) is 0 Å². The van der Waals surface area contributed by atoms with Crippen molar-refractivity contribution in [3.63, 3.8) is 0 Å². The van der Waals surface area contributed by atoms with Crippen LogP contribution in [0.15, 0.2) is 23.0 Å². The second-order valence-corrected chi connectivity index (χ2v) is 5.66. The molecule has 0 saturated carbocycles. The minimum atomic E-state index is -0.288. The summed E-state index contributed by atoms with van der Waals surface area (Å²) in [6, 6.07) is 4.99. The molecule has 0 aliphatic carbocycles. The molecule has 3 N–H and O–H groups in total. The Bertz CT molecular complexity index is 839. The lowest BCUT2D eigenvalue weighted by atomic mass is 10.2. The Morgan fingerprint density at radius 3 is 2.70 bits per heavy atom. The summed E-state index contributed by atoms with van der Waals surface area (Å²) in [5.41, 5.74) is 2.37. The lowest BCUT2D eigenvalue weighted by molar-refractivity contribution is 0.102. The maximum absolute atomic E-state index is 12.1. The number of anilines is 1. The number of thiazole rings is 1. The van der Waals surface area contributed by atoms with Gasteiger partial charge in [-0.15, -0.1) is 11.3 Å². The Morgan fingerprint density at radius 2 is 2.00 bits per heavy atom. The van der Waals surface area contributed by atoms with Crippen molar-refractivity contribution in [2.45, 2.75) is 13.8 Å². The molecule has 0 saturated heterocycles. The predicted octanol–water partition coefficient (Wildman–Crippen LogP) is 2.18. The smallest absolute Gasteiger partial charge is 0.306 e. The molecule has 1 aromatic carbocycles. The van der Waals surface area contributed by atoms with E-state index in [9.17, 15) is 9.59 Å². The van der Waals surface area contributed by atoms with Gasteiger partial charge in [-0.25, -0.2) is 9.78 Å². The summed E-state index contributed by atoms with van der Waals surface area (Å²) < 4.78 is 0. The van der Waals surface area contributed by atoms with Gasteiger partial charge in [0.25, 0.3) is 5.91 Å². The van der Waals surface area contributed by atoms with Crippen LogP contribution >= 0.6 is 11.3 Å². The molecule has 0 radical (unpaired) electrons. The Labute approximate surface area is 117 Å². The second-order valence-electron chi connectivity index (χ2n) is 4.45. The summed E-state index contributed by atoms with van der Waals surface area (Å²) in [5, 5.41) is 3.33. The number of hydrogen-bond donors (Lipinski definition) is 3. The highest BCUT2D eigenvalue weighted by molar-refractivity contribution is 7.15. The Kier molecular flexibility index (Phi) is 2.90. The topological polar surface area (TPSA) is 90.6 Å². The molecule has 6 nitrogen and oxygen atoms in total. The first-order valence-electron chi connectivity index (χ1n) is 6.00. The lowest BCUT2D eigenvalue weighted by Crippen LogP contribution is -2.11. The summed E-state index contributed by atoms with van der Waals surface area (Å²) in [6.45, 7) is 3.86. The van der Waals surface area contributed by atoms with Crippen molar-refractivity contribution in [3.8, 4) is 0 Å². The molecular formula is C13H12N4O2S. The maximum Gasteiger partial charge on any atom is 0.323 e. The zero-order valence-corrected chi connectivity index (χ0v) is 11.7. The van der Waals surface area contributed by atoms with Gasteiger partial charge in [0.05, 0.1) is 16.7 Å². The van der Waals surface area contributed by atoms with Crippen molar-refractivity contribution in [2.24, 2.45) is 0 Å². The highest BCUT2D eigenvalue weighted by atomic mass is 32.1. The molecule has 20 heavy (non-hydrogen) atoms. The molecule has 102 valence electrons. The largest absolute Gasteiger partial charge is 0.323 e. The van der Waals surface area contributed by atoms with Crippen LogP contribution in [0.3, 0.4) is 0 Å². The van der Waals surface area contributed by atoms with Crippen LogP contribution in [0, 0.1) is 13.8 Å². The minimum absolute atomic E-state index is 0.248. The average molecular weight is 288 g/mol. The van der Waals surface area contributed by atoms with Crippen LogP contribution in [-0.4, -0.2) is 20.9 Å². The third-order valence-corrected chi connectivity index (χ3v) is 4.02. The standard InChI is InChI=1S/C13H12N4O2S/c1-6-7(2)20-13(14-6)17-11(18)8-3-4-9-10(5-8)16-12(19)15-9/h3-5H,1-2H3,(H,14,17,18)(H2,15,16,19). The fraction of sp³-hybridized carbons (Fsp3) is 0.154. The predicted molar refractivity (Wildman–Crippen MR) is 78.5 cm³/mol. The number of H-pyrrole nitrogens is 2. The third-order valence-electron chi connectivity index (χ3n) is 3.03. The van der Waals surface area contributed by atoms with E-state index in [0.717, 1.165) is 10.6 Å². The average Bonchev–Trinajstić information content (AvgIpc) is 2.90. The molecule has 0 fully saturated rings. The molecule has 2 aromatic heterocycles. The number of aromatic nitrogens is 3. The molecule has 7 heteroatoms. The van der Waals surface area contributed by atoms with Gasteiger partial charge in [-0.2, -0.15) is 0 Å². The van der Waals surface area contributed by atoms with Crippen molar-refractivity contribution < 1.29 is 4.79 Å². The molecule has 1 amide bonds. The zero-order chi connectivity index (χ0) is 14.3. The van der Waals surface area contributed by atoms with E-state index < -0.39 is 0 Å². The summed E-state index contributed by atoms with van der Waals surface area (Å²) in [6.07, 6.45) is 0. The molecule has 0 bridgehead atoms. The number of fused-ring (bicyclic) bond motifs is 1. The number of imidazole rings is 1. The SMILES string of the molecule is Cc1nc(NC(=O)c2ccc3[nH]c(=O)[nH]c3c2)sc1C. The molecule has 2 heterocycles. The Balaban J connectivity index is 1.89. The van der Waals surface area contributed by atoms with E-state index in [1.54, 1.807) is 18.2 Å². The van der Waals surface area contributed by atoms with Crippen LogP contribution in [0.2, 0.25) is 0 Å². The zero-order valence-electron chi connectivity index (χ0n) is 10.9.